The van der Waals surface area contributed by atoms with Crippen LogP contribution in [0.3, 0.4) is 0 Å². The van der Waals surface area contributed by atoms with Crippen molar-refractivity contribution >= 4 is 0 Å². The van der Waals surface area contributed by atoms with Crippen LogP contribution in [0.1, 0.15) is 20.3 Å². The van der Waals surface area contributed by atoms with Gasteiger partial charge < -0.3 is 10.5 Å². The van der Waals surface area contributed by atoms with Gasteiger partial charge in [0.05, 0.1) is 6.61 Å². The van der Waals surface area contributed by atoms with Crippen molar-refractivity contribution in [3.63, 3.8) is 0 Å². The molecule has 100 valence electrons. The van der Waals surface area contributed by atoms with E-state index in [-0.39, 0.29) is 0 Å². The van der Waals surface area contributed by atoms with E-state index in [9.17, 15) is 0 Å². The highest BCUT2D eigenvalue weighted by Gasteiger charge is 2.31. The van der Waals surface area contributed by atoms with Gasteiger partial charge in [-0.3, -0.25) is 9.80 Å². The molecule has 2 N–H and O–H groups in total. The van der Waals surface area contributed by atoms with Crippen LogP contribution in [0.15, 0.2) is 0 Å². The Morgan fingerprint density at radius 1 is 1.18 bits per heavy atom. The minimum atomic E-state index is 0.534. The Bertz CT molecular complexity index is 221. The molecule has 0 amide bonds. The summed E-state index contributed by atoms with van der Waals surface area (Å²) < 4.78 is 5.50. The molecule has 2 aliphatic rings. The van der Waals surface area contributed by atoms with Gasteiger partial charge >= 0.3 is 0 Å². The fourth-order valence-corrected chi connectivity index (χ4v) is 3.08. The van der Waals surface area contributed by atoms with Gasteiger partial charge in [0.25, 0.3) is 0 Å². The number of ether oxygens (including phenoxy) is 1. The van der Waals surface area contributed by atoms with E-state index >= 15 is 0 Å². The van der Waals surface area contributed by atoms with Crippen LogP contribution < -0.4 is 5.73 Å². The summed E-state index contributed by atoms with van der Waals surface area (Å²) in [4.78, 5) is 5.13. The van der Waals surface area contributed by atoms with Crippen molar-refractivity contribution in [3.8, 4) is 0 Å². The Hall–Kier alpha value is -0.160. The molecule has 0 aromatic carbocycles. The quantitative estimate of drug-likeness (QED) is 0.772. The predicted molar refractivity (Wildman–Crippen MR) is 70.1 cm³/mol. The maximum Gasteiger partial charge on any atom is 0.0510 e. The van der Waals surface area contributed by atoms with E-state index in [0.717, 1.165) is 32.8 Å². The van der Waals surface area contributed by atoms with Crippen molar-refractivity contribution in [1.82, 2.24) is 9.80 Å². The second kappa shape index (κ2) is 6.14. The average molecular weight is 241 g/mol. The van der Waals surface area contributed by atoms with Gasteiger partial charge in [-0.05, 0) is 20.3 Å². The zero-order chi connectivity index (χ0) is 12.3. The first-order valence-corrected chi connectivity index (χ1v) is 6.98. The average Bonchev–Trinajstić information content (AvgIpc) is 2.84. The molecule has 2 fully saturated rings. The molecule has 4 heteroatoms. The van der Waals surface area contributed by atoms with Crippen molar-refractivity contribution in [2.75, 3.05) is 45.9 Å². The lowest BCUT2D eigenvalue weighted by molar-refractivity contribution is 0.0547. The summed E-state index contributed by atoms with van der Waals surface area (Å²) in [6.45, 7) is 11.9. The fourth-order valence-electron chi connectivity index (χ4n) is 3.08. The maximum absolute atomic E-state index is 5.97. The highest BCUT2D eigenvalue weighted by atomic mass is 16.5. The van der Waals surface area contributed by atoms with Crippen LogP contribution >= 0.6 is 0 Å². The molecule has 2 aliphatic heterocycles. The molecule has 0 spiro atoms. The SMILES string of the molecule is CC(C)N1CCN(C(CN)C2CCOC2)CC1. The maximum atomic E-state index is 5.97. The fraction of sp³-hybridized carbons (Fsp3) is 1.00. The van der Waals surface area contributed by atoms with Crippen molar-refractivity contribution in [2.45, 2.75) is 32.4 Å². The van der Waals surface area contributed by atoms with Crippen molar-refractivity contribution < 1.29 is 4.74 Å². The first kappa shape index (κ1) is 13.3. The van der Waals surface area contributed by atoms with Crippen LogP contribution in [0.4, 0.5) is 0 Å². The second-order valence-corrected chi connectivity index (χ2v) is 5.59. The van der Waals surface area contributed by atoms with Crippen LogP contribution in [-0.4, -0.2) is 67.8 Å². The molecule has 4 nitrogen and oxygen atoms in total. The topological polar surface area (TPSA) is 41.7 Å². The van der Waals surface area contributed by atoms with Gasteiger partial charge in [-0.25, -0.2) is 0 Å². The Kier molecular flexibility index (Phi) is 4.79. The van der Waals surface area contributed by atoms with Crippen molar-refractivity contribution in [1.29, 1.82) is 0 Å². The summed E-state index contributed by atoms with van der Waals surface area (Å²) in [5, 5.41) is 0. The molecule has 0 radical (unpaired) electrons. The van der Waals surface area contributed by atoms with Gasteiger partial charge in [-0.1, -0.05) is 0 Å². The summed E-state index contributed by atoms with van der Waals surface area (Å²) >= 11 is 0. The van der Waals surface area contributed by atoms with Gasteiger partial charge in [0, 0.05) is 57.3 Å². The van der Waals surface area contributed by atoms with Crippen LogP contribution in [0.5, 0.6) is 0 Å². The third kappa shape index (κ3) is 3.19. The summed E-state index contributed by atoms with van der Waals surface area (Å²) in [6, 6.07) is 1.20. The Morgan fingerprint density at radius 2 is 1.82 bits per heavy atom. The van der Waals surface area contributed by atoms with Crippen LogP contribution in [0.2, 0.25) is 0 Å². The molecule has 2 atom stereocenters. The van der Waals surface area contributed by atoms with E-state index in [1.54, 1.807) is 0 Å². The van der Waals surface area contributed by atoms with Crippen LogP contribution in [0.25, 0.3) is 0 Å². The Labute approximate surface area is 105 Å². The van der Waals surface area contributed by atoms with E-state index in [1.807, 2.05) is 0 Å². The van der Waals surface area contributed by atoms with Crippen molar-refractivity contribution in [3.05, 3.63) is 0 Å². The third-order valence-electron chi connectivity index (χ3n) is 4.30. The second-order valence-electron chi connectivity index (χ2n) is 5.59. The summed E-state index contributed by atoms with van der Waals surface area (Å²) in [5.74, 6) is 0.658. The minimum Gasteiger partial charge on any atom is -0.381 e. The van der Waals surface area contributed by atoms with E-state index in [0.29, 0.717) is 18.0 Å². The lowest BCUT2D eigenvalue weighted by atomic mass is 9.97. The van der Waals surface area contributed by atoms with Crippen LogP contribution in [0, 0.1) is 5.92 Å². The first-order chi connectivity index (χ1) is 8.22. The smallest absolute Gasteiger partial charge is 0.0510 e. The lowest BCUT2D eigenvalue weighted by Crippen LogP contribution is -2.55. The summed E-state index contributed by atoms with van der Waals surface area (Å²) in [6.07, 6.45) is 1.19. The van der Waals surface area contributed by atoms with Gasteiger partial charge in [-0.2, -0.15) is 0 Å². The monoisotopic (exact) mass is 241 g/mol. The number of hydrogen-bond donors (Lipinski definition) is 1. The molecule has 2 saturated heterocycles. The highest BCUT2D eigenvalue weighted by Crippen LogP contribution is 2.22. The lowest BCUT2D eigenvalue weighted by Gasteiger charge is -2.42. The molecule has 17 heavy (non-hydrogen) atoms. The zero-order valence-electron chi connectivity index (χ0n) is 11.3. The third-order valence-corrected chi connectivity index (χ3v) is 4.30. The zero-order valence-corrected chi connectivity index (χ0v) is 11.3. The van der Waals surface area contributed by atoms with E-state index < -0.39 is 0 Å². The normalized spacial score (nSPS) is 30.0. The molecule has 2 unspecified atom stereocenters. The molecule has 0 aromatic rings. The molecule has 2 heterocycles. The molecule has 0 aliphatic carbocycles. The largest absolute Gasteiger partial charge is 0.381 e. The Morgan fingerprint density at radius 3 is 2.29 bits per heavy atom. The van der Waals surface area contributed by atoms with Gasteiger partial charge in [-0.15, -0.1) is 0 Å². The number of hydrogen-bond acceptors (Lipinski definition) is 4. The number of nitrogens with zero attached hydrogens (tertiary/aromatic N) is 2. The van der Waals surface area contributed by atoms with Crippen molar-refractivity contribution in [2.24, 2.45) is 11.7 Å². The predicted octanol–water partition coefficient (Wildman–Crippen LogP) is 0.376. The number of nitrogens with two attached hydrogens (primary N) is 1. The standard InChI is InChI=1S/C13H27N3O/c1-11(2)15-4-6-16(7-5-15)13(9-14)12-3-8-17-10-12/h11-13H,3-10,14H2,1-2H3. The van der Waals surface area contributed by atoms with Gasteiger partial charge in [0.15, 0.2) is 0 Å². The molecule has 0 bridgehead atoms. The van der Waals surface area contributed by atoms with Gasteiger partial charge in [0.2, 0.25) is 0 Å². The number of piperazine rings is 1. The van der Waals surface area contributed by atoms with Crippen LogP contribution in [-0.2, 0) is 4.74 Å². The molecule has 0 saturated carbocycles. The number of rotatable bonds is 4. The summed E-state index contributed by atoms with van der Waals surface area (Å²) in [5.41, 5.74) is 5.97. The van der Waals surface area contributed by atoms with E-state index in [1.165, 1.54) is 19.5 Å². The summed E-state index contributed by atoms with van der Waals surface area (Å²) in [7, 11) is 0. The van der Waals surface area contributed by atoms with E-state index in [4.69, 9.17) is 10.5 Å². The molecule has 2 rings (SSSR count). The molecular formula is C13H27N3O. The Balaban J connectivity index is 1.85. The van der Waals surface area contributed by atoms with Gasteiger partial charge in [0.1, 0.15) is 0 Å². The first-order valence-electron chi connectivity index (χ1n) is 6.98. The van der Waals surface area contributed by atoms with E-state index in [2.05, 4.69) is 23.6 Å². The highest BCUT2D eigenvalue weighted by molar-refractivity contribution is 4.86. The minimum absolute atomic E-state index is 0.534. The molecule has 0 aromatic heterocycles. The molecular weight excluding hydrogens is 214 g/mol.